The third kappa shape index (κ3) is 3.61. The summed E-state index contributed by atoms with van der Waals surface area (Å²) in [5, 5.41) is 3.37. The summed E-state index contributed by atoms with van der Waals surface area (Å²) in [5.74, 6) is 2.59. The van der Waals surface area contributed by atoms with Crippen LogP contribution in [0.4, 0.5) is 4.39 Å². The Morgan fingerprint density at radius 3 is 2.03 bits per heavy atom. The molecule has 1 amide bonds. The van der Waals surface area contributed by atoms with E-state index >= 15 is 0 Å². The van der Waals surface area contributed by atoms with Crippen molar-refractivity contribution in [1.29, 1.82) is 0 Å². The molecular formula is C22H29FN2O3S. The first-order valence-corrected chi connectivity index (χ1v) is 12.4. The van der Waals surface area contributed by atoms with Gasteiger partial charge < -0.3 is 5.32 Å². The van der Waals surface area contributed by atoms with Gasteiger partial charge in [0.1, 0.15) is 5.82 Å². The third-order valence-corrected chi connectivity index (χ3v) is 9.72. The predicted octanol–water partition coefficient (Wildman–Crippen LogP) is 3.17. The maximum atomic E-state index is 13.1. The van der Waals surface area contributed by atoms with Crippen LogP contribution in [0.5, 0.6) is 0 Å². The molecule has 0 spiro atoms. The van der Waals surface area contributed by atoms with Gasteiger partial charge in [-0.2, -0.15) is 4.31 Å². The first-order valence-electron chi connectivity index (χ1n) is 11.0. The maximum absolute atomic E-state index is 13.1. The molecule has 1 heterocycles. The predicted molar refractivity (Wildman–Crippen MR) is 107 cm³/mol. The number of halogens is 1. The standard InChI is InChI=1S/C22H29FN2O3S/c23-19-1-3-20(4-2-19)29(27,28)25-7-5-16(6-8-25)22(26)24-21-17-10-14-9-15(12-17)13-18(21)11-14/h1-4,14-18,21H,5-13H2,(H,24,26). The van der Waals surface area contributed by atoms with E-state index in [1.165, 1.54) is 48.5 Å². The van der Waals surface area contributed by atoms with E-state index in [0.29, 0.717) is 43.8 Å². The average molecular weight is 421 g/mol. The number of benzene rings is 1. The molecule has 29 heavy (non-hydrogen) atoms. The highest BCUT2D eigenvalue weighted by Crippen LogP contribution is 2.53. The van der Waals surface area contributed by atoms with Gasteiger partial charge in [0.15, 0.2) is 0 Å². The molecule has 0 radical (unpaired) electrons. The lowest BCUT2D eigenvalue weighted by atomic mass is 9.54. The minimum atomic E-state index is -3.63. The van der Waals surface area contributed by atoms with Crippen molar-refractivity contribution in [3.8, 4) is 0 Å². The average Bonchev–Trinajstić information content (AvgIpc) is 2.70. The monoisotopic (exact) mass is 420 g/mol. The Balaban J connectivity index is 1.19. The molecule has 0 aromatic heterocycles. The van der Waals surface area contributed by atoms with Crippen LogP contribution >= 0.6 is 0 Å². The Hall–Kier alpha value is -1.47. The zero-order chi connectivity index (χ0) is 20.2. The molecule has 1 aliphatic heterocycles. The van der Waals surface area contributed by atoms with Crippen molar-refractivity contribution in [1.82, 2.24) is 9.62 Å². The number of sulfonamides is 1. The summed E-state index contributed by atoms with van der Waals surface area (Å²) in [6.07, 6.45) is 7.56. The Labute approximate surface area is 172 Å². The summed E-state index contributed by atoms with van der Waals surface area (Å²) in [6.45, 7) is 0.666. The van der Waals surface area contributed by atoms with Crippen LogP contribution in [0, 0.1) is 35.4 Å². The van der Waals surface area contributed by atoms with E-state index in [-0.39, 0.29) is 16.7 Å². The number of carbonyl (C=O) groups is 1. The van der Waals surface area contributed by atoms with Crippen LogP contribution in [0.1, 0.15) is 44.9 Å². The number of nitrogens with zero attached hydrogens (tertiary/aromatic N) is 1. The van der Waals surface area contributed by atoms with Crippen LogP contribution in [0.15, 0.2) is 29.2 Å². The van der Waals surface area contributed by atoms with Crippen LogP contribution in [-0.4, -0.2) is 37.8 Å². The summed E-state index contributed by atoms with van der Waals surface area (Å²) in [6, 6.07) is 5.26. The zero-order valence-electron chi connectivity index (χ0n) is 16.6. The van der Waals surface area contributed by atoms with Crippen LogP contribution in [0.25, 0.3) is 0 Å². The summed E-state index contributed by atoms with van der Waals surface area (Å²) in [7, 11) is -3.63. The largest absolute Gasteiger partial charge is 0.353 e. The molecule has 1 saturated heterocycles. The van der Waals surface area contributed by atoms with Gasteiger partial charge in [-0.1, -0.05) is 0 Å². The maximum Gasteiger partial charge on any atom is 0.243 e. The summed E-state index contributed by atoms with van der Waals surface area (Å²) >= 11 is 0. The highest BCUT2D eigenvalue weighted by Gasteiger charge is 2.49. The molecule has 4 saturated carbocycles. The van der Waals surface area contributed by atoms with E-state index in [1.54, 1.807) is 0 Å². The van der Waals surface area contributed by atoms with Gasteiger partial charge in [0.25, 0.3) is 0 Å². The molecule has 7 heteroatoms. The number of rotatable bonds is 4. The lowest BCUT2D eigenvalue weighted by molar-refractivity contribution is -0.130. The zero-order valence-corrected chi connectivity index (χ0v) is 17.4. The normalized spacial score (nSPS) is 35.0. The molecule has 158 valence electrons. The molecule has 5 fully saturated rings. The fraction of sp³-hybridized carbons (Fsp3) is 0.682. The highest BCUT2D eigenvalue weighted by atomic mass is 32.2. The molecule has 6 rings (SSSR count). The third-order valence-electron chi connectivity index (χ3n) is 7.81. The molecule has 5 nitrogen and oxygen atoms in total. The highest BCUT2D eigenvalue weighted by molar-refractivity contribution is 7.89. The smallest absolute Gasteiger partial charge is 0.243 e. The first kappa shape index (κ1) is 19.5. The molecule has 4 bridgehead atoms. The Morgan fingerprint density at radius 1 is 0.931 bits per heavy atom. The second kappa shape index (κ2) is 7.34. The SMILES string of the molecule is O=C(NC1C2CC3CC(C2)CC1C3)C1CCN(S(=O)(=O)c2ccc(F)cc2)CC1. The first-order chi connectivity index (χ1) is 13.9. The van der Waals surface area contributed by atoms with E-state index in [9.17, 15) is 17.6 Å². The van der Waals surface area contributed by atoms with Gasteiger partial charge in [0, 0.05) is 25.0 Å². The number of hydrogen-bond donors (Lipinski definition) is 1. The van der Waals surface area contributed by atoms with Crippen LogP contribution < -0.4 is 5.32 Å². The van der Waals surface area contributed by atoms with Gasteiger partial charge in [-0.25, -0.2) is 12.8 Å². The molecule has 4 aliphatic carbocycles. The van der Waals surface area contributed by atoms with Crippen molar-refractivity contribution in [3.05, 3.63) is 30.1 Å². The van der Waals surface area contributed by atoms with Crippen LogP contribution in [0.2, 0.25) is 0 Å². The van der Waals surface area contributed by atoms with Gasteiger partial charge >= 0.3 is 0 Å². The van der Waals surface area contributed by atoms with E-state index in [0.717, 1.165) is 24.0 Å². The number of hydrogen-bond acceptors (Lipinski definition) is 3. The van der Waals surface area contributed by atoms with Gasteiger partial charge in [0.2, 0.25) is 15.9 Å². The second-order valence-corrected chi connectivity index (χ2v) is 11.5. The van der Waals surface area contributed by atoms with Crippen molar-refractivity contribution < 1.29 is 17.6 Å². The van der Waals surface area contributed by atoms with Crippen molar-refractivity contribution in [2.24, 2.45) is 29.6 Å². The second-order valence-electron chi connectivity index (χ2n) is 9.60. The van der Waals surface area contributed by atoms with E-state index in [4.69, 9.17) is 0 Å². The van der Waals surface area contributed by atoms with Crippen LogP contribution in [0.3, 0.4) is 0 Å². The lowest BCUT2D eigenvalue weighted by Gasteiger charge is -2.54. The van der Waals surface area contributed by atoms with Crippen molar-refractivity contribution in [3.63, 3.8) is 0 Å². The molecule has 1 aromatic rings. The molecule has 0 unspecified atom stereocenters. The lowest BCUT2D eigenvalue weighted by Crippen LogP contribution is -2.57. The Kier molecular flexibility index (Phi) is 4.93. The molecular weight excluding hydrogens is 391 g/mol. The van der Waals surface area contributed by atoms with Gasteiger partial charge in [0.05, 0.1) is 4.90 Å². The van der Waals surface area contributed by atoms with E-state index in [1.807, 2.05) is 0 Å². The van der Waals surface area contributed by atoms with Gasteiger partial charge in [-0.15, -0.1) is 0 Å². The van der Waals surface area contributed by atoms with Crippen LogP contribution in [-0.2, 0) is 14.8 Å². The van der Waals surface area contributed by atoms with E-state index < -0.39 is 15.8 Å². The van der Waals surface area contributed by atoms with Gasteiger partial charge in [-0.05, 0) is 92.9 Å². The molecule has 5 aliphatic rings. The summed E-state index contributed by atoms with van der Waals surface area (Å²) in [5.41, 5.74) is 0. The Bertz CT molecular complexity index is 850. The number of piperidine rings is 1. The van der Waals surface area contributed by atoms with E-state index in [2.05, 4.69) is 5.32 Å². The molecule has 0 atom stereocenters. The quantitative estimate of drug-likeness (QED) is 0.814. The fourth-order valence-corrected chi connectivity index (χ4v) is 8.03. The number of carbonyl (C=O) groups excluding carboxylic acids is 1. The van der Waals surface area contributed by atoms with Crippen molar-refractivity contribution in [2.45, 2.75) is 55.9 Å². The van der Waals surface area contributed by atoms with Crippen molar-refractivity contribution >= 4 is 15.9 Å². The van der Waals surface area contributed by atoms with Crippen molar-refractivity contribution in [2.75, 3.05) is 13.1 Å². The molecule has 1 aromatic carbocycles. The minimum absolute atomic E-state index is 0.107. The number of nitrogens with one attached hydrogen (secondary N) is 1. The van der Waals surface area contributed by atoms with Gasteiger partial charge in [-0.3, -0.25) is 4.79 Å². The minimum Gasteiger partial charge on any atom is -0.353 e. The molecule has 1 N–H and O–H groups in total. The summed E-state index contributed by atoms with van der Waals surface area (Å²) in [4.78, 5) is 13.0. The summed E-state index contributed by atoms with van der Waals surface area (Å²) < 4.78 is 40.1. The Morgan fingerprint density at radius 2 is 1.48 bits per heavy atom. The fourth-order valence-electron chi connectivity index (χ4n) is 6.56. The topological polar surface area (TPSA) is 66.5 Å². The number of amides is 1.